The summed E-state index contributed by atoms with van der Waals surface area (Å²) in [5.74, 6) is 0.435. The van der Waals surface area contributed by atoms with Crippen LogP contribution in [-0.4, -0.2) is 36.9 Å². The van der Waals surface area contributed by atoms with E-state index in [1.165, 1.54) is 0 Å². The summed E-state index contributed by atoms with van der Waals surface area (Å²) in [7, 11) is 0.483. The van der Waals surface area contributed by atoms with E-state index >= 15 is 0 Å². The minimum Gasteiger partial charge on any atom is -0.398 e. The van der Waals surface area contributed by atoms with E-state index in [9.17, 15) is 4.21 Å². The number of hydrogen-bond donors (Lipinski definition) is 1. The van der Waals surface area contributed by atoms with Gasteiger partial charge < -0.3 is 15.2 Å². The first-order valence-corrected chi connectivity index (χ1v) is 7.26. The van der Waals surface area contributed by atoms with Crippen molar-refractivity contribution in [3.63, 3.8) is 0 Å². The van der Waals surface area contributed by atoms with Crippen molar-refractivity contribution in [2.75, 3.05) is 38.4 Å². The lowest BCUT2D eigenvalue weighted by atomic mass is 10.3. The van der Waals surface area contributed by atoms with Gasteiger partial charge in [-0.15, -0.1) is 0 Å². The maximum absolute atomic E-state index is 11.9. The van der Waals surface area contributed by atoms with E-state index in [4.69, 9.17) is 15.2 Å². The number of rotatable bonds is 7. The minimum absolute atomic E-state index is 0.432. The molecule has 1 atom stereocenters. The van der Waals surface area contributed by atoms with Gasteiger partial charge in [-0.25, -0.2) is 0 Å². The van der Waals surface area contributed by atoms with Crippen molar-refractivity contribution in [2.45, 2.75) is 4.90 Å². The smallest absolute Gasteiger partial charge is 0.0700 e. The number of halogens is 1. The summed E-state index contributed by atoms with van der Waals surface area (Å²) in [6.07, 6.45) is 0. The average molecular weight is 322 g/mol. The van der Waals surface area contributed by atoms with Crippen LogP contribution >= 0.6 is 15.9 Å². The van der Waals surface area contributed by atoms with Crippen LogP contribution in [0, 0.1) is 0 Å². The van der Waals surface area contributed by atoms with Crippen LogP contribution in [0.2, 0.25) is 0 Å². The van der Waals surface area contributed by atoms with Gasteiger partial charge in [0.2, 0.25) is 0 Å². The van der Waals surface area contributed by atoms with Gasteiger partial charge in [-0.2, -0.15) is 0 Å². The molecule has 4 nitrogen and oxygen atoms in total. The van der Waals surface area contributed by atoms with Crippen LogP contribution in [0.1, 0.15) is 0 Å². The Hall–Kier alpha value is -0.430. The second-order valence-electron chi connectivity index (χ2n) is 3.34. The van der Waals surface area contributed by atoms with Gasteiger partial charge in [0.25, 0.3) is 0 Å². The van der Waals surface area contributed by atoms with Crippen molar-refractivity contribution >= 4 is 32.4 Å². The summed E-state index contributed by atoms with van der Waals surface area (Å²) >= 11 is 3.33. The lowest BCUT2D eigenvalue weighted by Crippen LogP contribution is -2.10. The summed E-state index contributed by atoms with van der Waals surface area (Å²) in [6, 6.07) is 5.34. The van der Waals surface area contributed by atoms with Gasteiger partial charge in [-0.05, 0) is 18.2 Å². The first-order chi connectivity index (χ1) is 8.15. The van der Waals surface area contributed by atoms with Crippen molar-refractivity contribution in [2.24, 2.45) is 0 Å². The molecule has 6 heteroatoms. The molecule has 0 aliphatic heterocycles. The van der Waals surface area contributed by atoms with Crippen LogP contribution in [0.3, 0.4) is 0 Å². The van der Waals surface area contributed by atoms with Crippen LogP contribution in [0.4, 0.5) is 5.69 Å². The van der Waals surface area contributed by atoms with Crippen molar-refractivity contribution in [3.8, 4) is 0 Å². The molecule has 0 heterocycles. The highest BCUT2D eigenvalue weighted by molar-refractivity contribution is 9.10. The monoisotopic (exact) mass is 321 g/mol. The fourth-order valence-electron chi connectivity index (χ4n) is 1.19. The fourth-order valence-corrected chi connectivity index (χ4v) is 2.79. The topological polar surface area (TPSA) is 61.5 Å². The zero-order valence-corrected chi connectivity index (χ0v) is 12.1. The second kappa shape index (κ2) is 7.81. The fraction of sp³-hybridized carbons (Fsp3) is 0.455. The Morgan fingerprint density at radius 3 is 2.82 bits per heavy atom. The molecule has 0 bridgehead atoms. The summed E-state index contributed by atoms with van der Waals surface area (Å²) in [4.78, 5) is 0.648. The van der Waals surface area contributed by atoms with E-state index in [0.717, 1.165) is 4.47 Å². The largest absolute Gasteiger partial charge is 0.398 e. The summed E-state index contributed by atoms with van der Waals surface area (Å²) < 4.78 is 22.9. The normalized spacial score (nSPS) is 12.6. The Morgan fingerprint density at radius 2 is 2.12 bits per heavy atom. The van der Waals surface area contributed by atoms with Gasteiger partial charge in [0.15, 0.2) is 0 Å². The molecule has 1 aromatic carbocycles. The predicted molar refractivity (Wildman–Crippen MR) is 72.5 cm³/mol. The molecule has 1 unspecified atom stereocenters. The maximum Gasteiger partial charge on any atom is 0.0700 e. The summed E-state index contributed by atoms with van der Waals surface area (Å²) in [5.41, 5.74) is 6.31. The van der Waals surface area contributed by atoms with Crippen molar-refractivity contribution in [1.82, 2.24) is 0 Å². The third-order valence-corrected chi connectivity index (χ3v) is 3.94. The van der Waals surface area contributed by atoms with Gasteiger partial charge in [0, 0.05) is 17.3 Å². The predicted octanol–water partition coefficient (Wildman–Crippen LogP) is 1.80. The van der Waals surface area contributed by atoms with E-state index in [1.54, 1.807) is 19.2 Å². The molecule has 0 aliphatic rings. The molecule has 1 aromatic rings. The number of ether oxygens (including phenoxy) is 2. The molecule has 0 saturated heterocycles. The van der Waals surface area contributed by atoms with Crippen LogP contribution in [0.5, 0.6) is 0 Å². The Kier molecular flexibility index (Phi) is 6.72. The lowest BCUT2D eigenvalue weighted by Gasteiger charge is -2.07. The van der Waals surface area contributed by atoms with Crippen LogP contribution in [-0.2, 0) is 20.3 Å². The zero-order valence-electron chi connectivity index (χ0n) is 9.65. The molecule has 0 saturated carbocycles. The van der Waals surface area contributed by atoms with Crippen LogP contribution in [0.15, 0.2) is 27.6 Å². The Morgan fingerprint density at radius 1 is 1.35 bits per heavy atom. The van der Waals surface area contributed by atoms with E-state index in [2.05, 4.69) is 15.9 Å². The van der Waals surface area contributed by atoms with Gasteiger partial charge >= 0.3 is 0 Å². The van der Waals surface area contributed by atoms with E-state index in [-0.39, 0.29) is 0 Å². The van der Waals surface area contributed by atoms with Gasteiger partial charge in [0.05, 0.1) is 41.3 Å². The zero-order chi connectivity index (χ0) is 12.7. The first kappa shape index (κ1) is 14.6. The molecule has 0 spiro atoms. The molecule has 0 radical (unpaired) electrons. The quantitative estimate of drug-likeness (QED) is 0.614. The SMILES string of the molecule is COCCOCCS(=O)c1cc(Br)ccc1N. The van der Waals surface area contributed by atoms with Crippen LogP contribution in [0.25, 0.3) is 0 Å². The Labute approximate surface area is 112 Å². The highest BCUT2D eigenvalue weighted by atomic mass is 79.9. The van der Waals surface area contributed by atoms with Crippen LogP contribution < -0.4 is 5.73 Å². The van der Waals surface area contributed by atoms with Gasteiger partial charge in [-0.3, -0.25) is 4.21 Å². The average Bonchev–Trinajstić information content (AvgIpc) is 2.32. The molecular formula is C11H16BrNO3S. The second-order valence-corrected chi connectivity index (χ2v) is 5.79. The standard InChI is InChI=1S/C11H16BrNO3S/c1-15-4-5-16-6-7-17(14)11-8-9(12)2-3-10(11)13/h2-3,8H,4-7,13H2,1H3. The van der Waals surface area contributed by atoms with Gasteiger partial charge in [0.1, 0.15) is 0 Å². The Balaban J connectivity index is 2.44. The minimum atomic E-state index is -1.13. The van der Waals surface area contributed by atoms with E-state index in [1.807, 2.05) is 6.07 Å². The van der Waals surface area contributed by atoms with Crippen molar-refractivity contribution in [1.29, 1.82) is 0 Å². The number of nitrogen functional groups attached to an aromatic ring is 1. The van der Waals surface area contributed by atoms with Crippen molar-refractivity contribution in [3.05, 3.63) is 22.7 Å². The Bertz CT molecular complexity index is 387. The van der Waals surface area contributed by atoms with Crippen molar-refractivity contribution < 1.29 is 13.7 Å². The molecule has 0 aliphatic carbocycles. The summed E-state index contributed by atoms with van der Waals surface area (Å²) in [6.45, 7) is 1.50. The highest BCUT2D eigenvalue weighted by Crippen LogP contribution is 2.21. The number of methoxy groups -OCH3 is 1. The molecule has 17 heavy (non-hydrogen) atoms. The number of benzene rings is 1. The molecule has 0 amide bonds. The molecule has 1 rings (SSSR count). The third kappa shape index (κ3) is 5.16. The summed E-state index contributed by atoms with van der Waals surface area (Å²) in [5, 5.41) is 0. The molecule has 96 valence electrons. The number of nitrogens with two attached hydrogens (primary N) is 1. The highest BCUT2D eigenvalue weighted by Gasteiger charge is 2.08. The van der Waals surface area contributed by atoms with Gasteiger partial charge in [-0.1, -0.05) is 15.9 Å². The van der Waals surface area contributed by atoms with E-state index < -0.39 is 10.8 Å². The number of hydrogen-bond acceptors (Lipinski definition) is 4. The lowest BCUT2D eigenvalue weighted by molar-refractivity contribution is 0.0787. The molecular weight excluding hydrogens is 306 g/mol. The number of anilines is 1. The van der Waals surface area contributed by atoms with E-state index in [0.29, 0.717) is 36.2 Å². The third-order valence-electron chi connectivity index (χ3n) is 2.07. The first-order valence-electron chi connectivity index (χ1n) is 5.15. The maximum atomic E-state index is 11.9. The molecule has 0 aromatic heterocycles. The molecule has 0 fully saturated rings. The molecule has 2 N–H and O–H groups in total.